The SMILES string of the molecule is CCCOc1ccc(CN=C(N)N)cc1. The summed E-state index contributed by atoms with van der Waals surface area (Å²) in [6.45, 7) is 3.33. The zero-order chi connectivity index (χ0) is 11.1. The van der Waals surface area contributed by atoms with Gasteiger partial charge in [0.05, 0.1) is 13.2 Å². The largest absolute Gasteiger partial charge is 0.494 e. The van der Waals surface area contributed by atoms with Crippen LogP contribution in [0.5, 0.6) is 5.75 Å². The molecule has 4 nitrogen and oxygen atoms in total. The molecule has 0 aliphatic heterocycles. The van der Waals surface area contributed by atoms with E-state index in [1.54, 1.807) is 0 Å². The molecule has 0 atom stereocenters. The summed E-state index contributed by atoms with van der Waals surface area (Å²) in [5.74, 6) is 0.992. The summed E-state index contributed by atoms with van der Waals surface area (Å²) in [6, 6.07) is 7.76. The highest BCUT2D eigenvalue weighted by Gasteiger charge is 1.94. The standard InChI is InChI=1S/C11H17N3O/c1-2-7-15-10-5-3-9(4-6-10)8-14-11(12)13/h3-6H,2,7-8H2,1H3,(H4,12,13,14). The predicted octanol–water partition coefficient (Wildman–Crippen LogP) is 1.25. The maximum Gasteiger partial charge on any atom is 0.186 e. The van der Waals surface area contributed by atoms with Gasteiger partial charge >= 0.3 is 0 Å². The van der Waals surface area contributed by atoms with E-state index in [1.165, 1.54) is 0 Å². The molecular weight excluding hydrogens is 190 g/mol. The number of hydrogen-bond acceptors (Lipinski definition) is 2. The van der Waals surface area contributed by atoms with E-state index in [1.807, 2.05) is 24.3 Å². The Morgan fingerprint density at radius 1 is 1.27 bits per heavy atom. The third-order valence-corrected chi connectivity index (χ3v) is 1.84. The van der Waals surface area contributed by atoms with Crippen LogP contribution < -0.4 is 16.2 Å². The maximum absolute atomic E-state index is 5.45. The molecule has 0 saturated heterocycles. The Hall–Kier alpha value is -1.71. The number of benzene rings is 1. The van der Waals surface area contributed by atoms with Gasteiger partial charge in [-0.25, -0.2) is 4.99 Å². The van der Waals surface area contributed by atoms with Crippen LogP contribution in [0.4, 0.5) is 0 Å². The topological polar surface area (TPSA) is 73.6 Å². The van der Waals surface area contributed by atoms with Crippen molar-refractivity contribution in [1.29, 1.82) is 0 Å². The van der Waals surface area contributed by atoms with E-state index in [9.17, 15) is 0 Å². The highest BCUT2D eigenvalue weighted by molar-refractivity contribution is 5.75. The molecule has 0 aliphatic carbocycles. The molecule has 0 radical (unpaired) electrons. The minimum atomic E-state index is 0.112. The summed E-state index contributed by atoms with van der Waals surface area (Å²) in [5, 5.41) is 0. The first-order chi connectivity index (χ1) is 7.22. The van der Waals surface area contributed by atoms with Gasteiger partial charge in [0.25, 0.3) is 0 Å². The maximum atomic E-state index is 5.45. The molecule has 0 amide bonds. The van der Waals surface area contributed by atoms with E-state index in [2.05, 4.69) is 11.9 Å². The molecule has 1 aromatic rings. The van der Waals surface area contributed by atoms with Crippen LogP contribution in [-0.4, -0.2) is 12.6 Å². The number of nitrogens with two attached hydrogens (primary N) is 2. The molecule has 1 rings (SSSR count). The molecule has 0 saturated carbocycles. The lowest BCUT2D eigenvalue weighted by Crippen LogP contribution is -2.22. The van der Waals surface area contributed by atoms with Crippen molar-refractivity contribution >= 4 is 5.96 Å². The lowest BCUT2D eigenvalue weighted by molar-refractivity contribution is 0.317. The van der Waals surface area contributed by atoms with Crippen molar-refractivity contribution in [1.82, 2.24) is 0 Å². The fourth-order valence-corrected chi connectivity index (χ4v) is 1.09. The van der Waals surface area contributed by atoms with Crippen LogP contribution in [0.1, 0.15) is 18.9 Å². The summed E-state index contributed by atoms with van der Waals surface area (Å²) in [7, 11) is 0. The normalized spacial score (nSPS) is 9.67. The fraction of sp³-hybridized carbons (Fsp3) is 0.364. The summed E-state index contributed by atoms with van der Waals surface area (Å²) in [6.07, 6.45) is 1.01. The van der Waals surface area contributed by atoms with Crippen molar-refractivity contribution in [3.8, 4) is 5.75 Å². The van der Waals surface area contributed by atoms with Gasteiger partial charge in [0, 0.05) is 0 Å². The van der Waals surface area contributed by atoms with Gasteiger partial charge in [-0.1, -0.05) is 19.1 Å². The van der Waals surface area contributed by atoms with Gasteiger partial charge in [0.15, 0.2) is 5.96 Å². The van der Waals surface area contributed by atoms with Crippen LogP contribution >= 0.6 is 0 Å². The number of hydrogen-bond donors (Lipinski definition) is 2. The lowest BCUT2D eigenvalue weighted by atomic mass is 10.2. The van der Waals surface area contributed by atoms with Crippen LogP contribution in [0.2, 0.25) is 0 Å². The second kappa shape index (κ2) is 5.90. The molecule has 0 unspecified atom stereocenters. The average molecular weight is 207 g/mol. The zero-order valence-corrected chi connectivity index (χ0v) is 8.94. The average Bonchev–Trinajstić information content (AvgIpc) is 2.25. The van der Waals surface area contributed by atoms with E-state index >= 15 is 0 Å². The second-order valence-corrected chi connectivity index (χ2v) is 3.23. The molecule has 4 N–H and O–H groups in total. The molecule has 0 heterocycles. The first-order valence-electron chi connectivity index (χ1n) is 4.99. The van der Waals surface area contributed by atoms with Crippen molar-refractivity contribution in [3.05, 3.63) is 29.8 Å². The number of guanidine groups is 1. The predicted molar refractivity (Wildman–Crippen MR) is 61.7 cm³/mol. The minimum absolute atomic E-state index is 0.112. The Morgan fingerprint density at radius 2 is 1.93 bits per heavy atom. The summed E-state index contributed by atoms with van der Waals surface area (Å²) in [4.78, 5) is 3.92. The second-order valence-electron chi connectivity index (χ2n) is 3.23. The Morgan fingerprint density at radius 3 is 2.47 bits per heavy atom. The molecule has 0 fully saturated rings. The third-order valence-electron chi connectivity index (χ3n) is 1.84. The van der Waals surface area contributed by atoms with Crippen LogP contribution in [0.15, 0.2) is 29.3 Å². The molecule has 4 heteroatoms. The van der Waals surface area contributed by atoms with Crippen LogP contribution in [0.25, 0.3) is 0 Å². The number of nitrogens with zero attached hydrogens (tertiary/aromatic N) is 1. The fourth-order valence-electron chi connectivity index (χ4n) is 1.09. The Bertz CT molecular complexity index is 315. The van der Waals surface area contributed by atoms with Crippen molar-refractivity contribution in [3.63, 3.8) is 0 Å². The first kappa shape index (κ1) is 11.4. The van der Waals surface area contributed by atoms with Gasteiger partial charge in [-0.2, -0.15) is 0 Å². The van der Waals surface area contributed by atoms with E-state index < -0.39 is 0 Å². The van der Waals surface area contributed by atoms with E-state index in [0.717, 1.165) is 24.3 Å². The molecule has 15 heavy (non-hydrogen) atoms. The summed E-state index contributed by atoms with van der Waals surface area (Å²) >= 11 is 0. The Balaban J connectivity index is 2.52. The molecule has 82 valence electrons. The van der Waals surface area contributed by atoms with Crippen LogP contribution in [0.3, 0.4) is 0 Å². The molecule has 0 spiro atoms. The molecular formula is C11H17N3O. The number of ether oxygens (including phenoxy) is 1. The molecule has 1 aromatic carbocycles. The van der Waals surface area contributed by atoms with E-state index in [4.69, 9.17) is 16.2 Å². The van der Waals surface area contributed by atoms with Crippen molar-refractivity contribution in [2.24, 2.45) is 16.5 Å². The molecule has 0 aliphatic rings. The highest BCUT2D eigenvalue weighted by Crippen LogP contribution is 2.12. The Labute approximate surface area is 89.9 Å². The van der Waals surface area contributed by atoms with Crippen LogP contribution in [0, 0.1) is 0 Å². The van der Waals surface area contributed by atoms with Gasteiger partial charge in [-0.15, -0.1) is 0 Å². The summed E-state index contributed by atoms with van der Waals surface area (Å²) in [5.41, 5.74) is 11.5. The van der Waals surface area contributed by atoms with Crippen molar-refractivity contribution in [2.45, 2.75) is 19.9 Å². The van der Waals surface area contributed by atoms with E-state index in [-0.39, 0.29) is 5.96 Å². The zero-order valence-electron chi connectivity index (χ0n) is 8.94. The van der Waals surface area contributed by atoms with Gasteiger partial charge < -0.3 is 16.2 Å². The highest BCUT2D eigenvalue weighted by atomic mass is 16.5. The quantitative estimate of drug-likeness (QED) is 0.563. The first-order valence-corrected chi connectivity index (χ1v) is 4.99. The Kier molecular flexibility index (Phi) is 4.47. The van der Waals surface area contributed by atoms with Crippen molar-refractivity contribution < 1.29 is 4.74 Å². The van der Waals surface area contributed by atoms with Gasteiger partial charge in [-0.3, -0.25) is 0 Å². The lowest BCUT2D eigenvalue weighted by Gasteiger charge is -2.04. The molecule has 0 bridgehead atoms. The van der Waals surface area contributed by atoms with E-state index in [0.29, 0.717) is 6.54 Å². The van der Waals surface area contributed by atoms with Crippen LogP contribution in [-0.2, 0) is 6.54 Å². The number of rotatable bonds is 5. The van der Waals surface area contributed by atoms with Crippen molar-refractivity contribution in [2.75, 3.05) is 6.61 Å². The van der Waals surface area contributed by atoms with Gasteiger partial charge in [-0.05, 0) is 24.1 Å². The molecule has 0 aromatic heterocycles. The van der Waals surface area contributed by atoms with Gasteiger partial charge in [0.2, 0.25) is 0 Å². The third kappa shape index (κ3) is 4.35. The summed E-state index contributed by atoms with van der Waals surface area (Å²) < 4.78 is 5.45. The smallest absolute Gasteiger partial charge is 0.186 e. The van der Waals surface area contributed by atoms with Gasteiger partial charge in [0.1, 0.15) is 5.75 Å². The minimum Gasteiger partial charge on any atom is -0.494 e. The monoisotopic (exact) mass is 207 g/mol. The number of aliphatic imine (C=N–C) groups is 1.